The number of rotatable bonds is 2. The molecule has 0 aromatic heterocycles. The Kier molecular flexibility index (Phi) is 9.14. The van der Waals surface area contributed by atoms with Gasteiger partial charge in [-0.05, 0) is 13.8 Å². The van der Waals surface area contributed by atoms with Gasteiger partial charge in [0.1, 0.15) is 11.4 Å². The molecule has 0 fully saturated rings. The molecule has 0 aromatic rings. The minimum atomic E-state index is -0.745. The summed E-state index contributed by atoms with van der Waals surface area (Å²) in [5.74, 6) is -0.745. The van der Waals surface area contributed by atoms with E-state index in [9.17, 15) is 4.79 Å². The molecule has 3 N–H and O–H groups in total. The summed E-state index contributed by atoms with van der Waals surface area (Å²) in [6.07, 6.45) is 0.222. The summed E-state index contributed by atoms with van der Waals surface area (Å²) < 4.78 is 0. The maximum Gasteiger partial charge on any atom is 0.303 e. The Morgan fingerprint density at radius 1 is 1.15 bits per heavy atom. The van der Waals surface area contributed by atoms with Crippen LogP contribution in [-0.2, 0) is 4.79 Å². The van der Waals surface area contributed by atoms with Gasteiger partial charge in [-0.25, -0.2) is 0 Å². The van der Waals surface area contributed by atoms with E-state index in [1.807, 2.05) is 0 Å². The van der Waals surface area contributed by atoms with Crippen molar-refractivity contribution >= 4 is 17.4 Å². The second-order valence-corrected chi connectivity index (χ2v) is 2.12. The molecule has 0 radical (unpaired) electrons. The highest BCUT2D eigenvalue weighted by atomic mass is 16.4. The highest BCUT2D eigenvalue weighted by molar-refractivity contribution is 6.40. The summed E-state index contributed by atoms with van der Waals surface area (Å²) in [5, 5.41) is 29.4. The summed E-state index contributed by atoms with van der Waals surface area (Å²) in [5.41, 5.74) is 0.625. The second-order valence-electron chi connectivity index (χ2n) is 2.12. The van der Waals surface area contributed by atoms with Crippen LogP contribution in [0, 0.1) is 0 Å². The lowest BCUT2D eigenvalue weighted by molar-refractivity contribution is -0.136. The van der Waals surface area contributed by atoms with Crippen molar-refractivity contribution in [2.45, 2.75) is 27.2 Å². The zero-order valence-corrected chi connectivity index (χ0v) is 7.85. The Bertz CT molecular complexity index is 195. The average Bonchev–Trinajstić information content (AvgIpc) is 2.16. The molecule has 0 heterocycles. The molecule has 13 heavy (non-hydrogen) atoms. The van der Waals surface area contributed by atoms with E-state index in [2.05, 4.69) is 10.3 Å². The van der Waals surface area contributed by atoms with E-state index in [1.165, 1.54) is 13.8 Å². The molecule has 0 aliphatic heterocycles. The van der Waals surface area contributed by atoms with Crippen molar-refractivity contribution in [3.05, 3.63) is 0 Å². The SMILES string of the molecule is CC(=N\O)/C(C)=N/O.CCC(=O)O. The smallest absolute Gasteiger partial charge is 0.303 e. The third-order valence-electron chi connectivity index (χ3n) is 1.13. The minimum Gasteiger partial charge on any atom is -0.481 e. The van der Waals surface area contributed by atoms with Gasteiger partial charge in [0.2, 0.25) is 0 Å². The van der Waals surface area contributed by atoms with E-state index in [-0.39, 0.29) is 6.42 Å². The third kappa shape index (κ3) is 10.4. The number of aliphatic carboxylic acids is 1. The molecule has 0 unspecified atom stereocenters. The monoisotopic (exact) mass is 190 g/mol. The third-order valence-corrected chi connectivity index (χ3v) is 1.13. The number of nitrogens with zero attached hydrogens (tertiary/aromatic N) is 2. The largest absolute Gasteiger partial charge is 0.481 e. The topological polar surface area (TPSA) is 102 Å². The molecular weight excluding hydrogens is 176 g/mol. The molecule has 0 amide bonds. The Morgan fingerprint density at radius 3 is 1.46 bits per heavy atom. The van der Waals surface area contributed by atoms with Crippen LogP contribution in [0.4, 0.5) is 0 Å². The molecule has 6 nitrogen and oxygen atoms in total. The van der Waals surface area contributed by atoms with E-state index >= 15 is 0 Å². The van der Waals surface area contributed by atoms with Gasteiger partial charge >= 0.3 is 5.97 Å². The van der Waals surface area contributed by atoms with Crippen LogP contribution in [-0.4, -0.2) is 32.9 Å². The lowest BCUT2D eigenvalue weighted by Gasteiger charge is -1.88. The maximum absolute atomic E-state index is 9.37. The van der Waals surface area contributed by atoms with Crippen molar-refractivity contribution in [1.29, 1.82) is 0 Å². The molecule has 0 bridgehead atoms. The Labute approximate surface area is 76.2 Å². The van der Waals surface area contributed by atoms with Gasteiger partial charge in [-0.1, -0.05) is 17.2 Å². The summed E-state index contributed by atoms with van der Waals surface area (Å²) in [6.45, 7) is 4.67. The van der Waals surface area contributed by atoms with E-state index < -0.39 is 5.97 Å². The number of hydrogen-bond acceptors (Lipinski definition) is 5. The molecule has 0 atom stereocenters. The predicted octanol–water partition coefficient (Wildman–Crippen LogP) is 1.17. The summed E-state index contributed by atoms with van der Waals surface area (Å²) in [4.78, 5) is 9.37. The molecule has 6 heteroatoms. The van der Waals surface area contributed by atoms with Gasteiger partial charge in [0, 0.05) is 6.42 Å². The first-order chi connectivity index (χ1) is 5.99. The fraction of sp³-hybridized carbons (Fsp3) is 0.571. The first-order valence-corrected chi connectivity index (χ1v) is 3.59. The Balaban J connectivity index is 0. The Morgan fingerprint density at radius 2 is 1.38 bits per heavy atom. The van der Waals surface area contributed by atoms with Gasteiger partial charge in [-0.15, -0.1) is 0 Å². The van der Waals surface area contributed by atoms with E-state index in [0.717, 1.165) is 0 Å². The normalized spacial score (nSPS) is 11.6. The molecule has 0 saturated heterocycles. The zero-order valence-electron chi connectivity index (χ0n) is 7.85. The quantitative estimate of drug-likeness (QED) is 0.345. The van der Waals surface area contributed by atoms with Crippen LogP contribution in [0.3, 0.4) is 0 Å². The summed E-state index contributed by atoms with van der Waals surface area (Å²) in [6, 6.07) is 0. The molecule has 0 aliphatic carbocycles. The predicted molar refractivity (Wildman–Crippen MR) is 47.7 cm³/mol. The van der Waals surface area contributed by atoms with Gasteiger partial charge in [0.05, 0.1) is 0 Å². The van der Waals surface area contributed by atoms with Gasteiger partial charge < -0.3 is 15.5 Å². The standard InChI is InChI=1S/C4H8N2O2.C3H6O2/c1-3(5-7)4(2)6-8;1-2-3(4)5/h7-8H,1-2H3;2H2,1H3,(H,4,5)/b5-3+,6-4+;. The number of oxime groups is 2. The van der Waals surface area contributed by atoms with Crippen molar-refractivity contribution in [3.8, 4) is 0 Å². The highest BCUT2D eigenvalue weighted by Crippen LogP contribution is 1.79. The molecule has 0 rings (SSSR count). The number of carboxylic acids is 1. The van der Waals surface area contributed by atoms with Crippen LogP contribution in [0.25, 0.3) is 0 Å². The van der Waals surface area contributed by atoms with Gasteiger partial charge in [-0.2, -0.15) is 0 Å². The van der Waals surface area contributed by atoms with Crippen molar-refractivity contribution in [1.82, 2.24) is 0 Å². The first kappa shape index (κ1) is 14.0. The fourth-order valence-corrected chi connectivity index (χ4v) is 0.145. The van der Waals surface area contributed by atoms with Crippen LogP contribution < -0.4 is 0 Å². The highest BCUT2D eigenvalue weighted by Gasteiger charge is 1.93. The number of carboxylic acid groups (broad SMARTS) is 1. The molecule has 0 aromatic carbocycles. The van der Waals surface area contributed by atoms with E-state index in [1.54, 1.807) is 6.92 Å². The first-order valence-electron chi connectivity index (χ1n) is 3.59. The van der Waals surface area contributed by atoms with Crippen LogP contribution in [0.15, 0.2) is 10.3 Å². The van der Waals surface area contributed by atoms with Crippen LogP contribution in [0.1, 0.15) is 27.2 Å². The zero-order chi connectivity index (χ0) is 10.9. The molecular formula is C7H14N2O4. The molecule has 0 spiro atoms. The van der Waals surface area contributed by atoms with Gasteiger partial charge in [0.25, 0.3) is 0 Å². The van der Waals surface area contributed by atoms with Crippen molar-refractivity contribution in [2.24, 2.45) is 10.3 Å². The van der Waals surface area contributed by atoms with Crippen molar-refractivity contribution < 1.29 is 20.3 Å². The summed E-state index contributed by atoms with van der Waals surface area (Å²) in [7, 11) is 0. The maximum atomic E-state index is 9.37. The summed E-state index contributed by atoms with van der Waals surface area (Å²) >= 11 is 0. The number of hydrogen-bond donors (Lipinski definition) is 3. The van der Waals surface area contributed by atoms with Crippen LogP contribution in [0.5, 0.6) is 0 Å². The Hall–Kier alpha value is -1.59. The van der Waals surface area contributed by atoms with Gasteiger partial charge in [-0.3, -0.25) is 4.79 Å². The lowest BCUT2D eigenvalue weighted by atomic mass is 10.3. The van der Waals surface area contributed by atoms with Crippen molar-refractivity contribution in [2.75, 3.05) is 0 Å². The minimum absolute atomic E-state index is 0.222. The molecule has 0 aliphatic rings. The molecule has 0 saturated carbocycles. The van der Waals surface area contributed by atoms with Crippen molar-refractivity contribution in [3.63, 3.8) is 0 Å². The van der Waals surface area contributed by atoms with Crippen LogP contribution in [0.2, 0.25) is 0 Å². The van der Waals surface area contributed by atoms with Crippen LogP contribution >= 0.6 is 0 Å². The fourth-order valence-electron chi connectivity index (χ4n) is 0.145. The van der Waals surface area contributed by atoms with E-state index in [0.29, 0.717) is 11.4 Å². The number of carbonyl (C=O) groups is 1. The van der Waals surface area contributed by atoms with E-state index in [4.69, 9.17) is 15.5 Å². The lowest BCUT2D eigenvalue weighted by Crippen LogP contribution is -2.04. The average molecular weight is 190 g/mol. The van der Waals surface area contributed by atoms with Gasteiger partial charge in [0.15, 0.2) is 0 Å². The second kappa shape index (κ2) is 8.51. The molecule has 76 valence electrons.